The van der Waals surface area contributed by atoms with Crippen molar-refractivity contribution in [2.45, 2.75) is 26.3 Å². The summed E-state index contributed by atoms with van der Waals surface area (Å²) < 4.78 is 1.13. The van der Waals surface area contributed by atoms with Crippen LogP contribution in [0.15, 0.2) is 34.4 Å². The molecule has 1 atom stereocenters. The molecule has 2 rings (SSSR count). The molecule has 1 N–H and O–H groups in total. The predicted octanol–water partition coefficient (Wildman–Crippen LogP) is 4.11. The van der Waals surface area contributed by atoms with Gasteiger partial charge in [0, 0.05) is 28.0 Å². The largest absolute Gasteiger partial charge is 0.310 e. The third-order valence-corrected chi connectivity index (χ3v) is 4.25. The monoisotopic (exact) mass is 324 g/mol. The van der Waals surface area contributed by atoms with E-state index in [0.717, 1.165) is 17.4 Å². The molecule has 18 heavy (non-hydrogen) atoms. The van der Waals surface area contributed by atoms with Crippen LogP contribution in [0.5, 0.6) is 0 Å². The number of hydrogen-bond donors (Lipinski definition) is 1. The molecule has 0 radical (unpaired) electrons. The highest BCUT2D eigenvalue weighted by molar-refractivity contribution is 9.10. The smallest absolute Gasteiger partial charge is 0.0794 e. The fourth-order valence-corrected chi connectivity index (χ4v) is 3.09. The van der Waals surface area contributed by atoms with Crippen molar-refractivity contribution in [2.75, 3.05) is 6.54 Å². The number of halogens is 1. The van der Waals surface area contributed by atoms with Gasteiger partial charge in [-0.15, -0.1) is 11.3 Å². The molecule has 0 spiro atoms. The van der Waals surface area contributed by atoms with Gasteiger partial charge >= 0.3 is 0 Å². The third-order valence-electron chi connectivity index (χ3n) is 2.96. The lowest BCUT2D eigenvalue weighted by Gasteiger charge is -2.20. The fraction of sp³-hybridized carbons (Fsp3) is 0.357. The summed E-state index contributed by atoms with van der Waals surface area (Å²) in [6, 6.07) is 6.82. The summed E-state index contributed by atoms with van der Waals surface area (Å²) in [6.07, 6.45) is 2.96. The Labute approximate surface area is 121 Å². The molecule has 4 heteroatoms. The van der Waals surface area contributed by atoms with Gasteiger partial charge in [0.2, 0.25) is 0 Å². The summed E-state index contributed by atoms with van der Waals surface area (Å²) in [6.45, 7) is 5.28. The number of aryl methyl sites for hydroxylation is 1. The van der Waals surface area contributed by atoms with E-state index in [4.69, 9.17) is 0 Å². The molecule has 2 aromatic rings. The molecule has 96 valence electrons. The van der Waals surface area contributed by atoms with Crippen molar-refractivity contribution in [3.63, 3.8) is 0 Å². The second kappa shape index (κ2) is 6.45. The minimum absolute atomic E-state index is 0.355. The Hall–Kier alpha value is -0.710. The lowest BCUT2D eigenvalue weighted by molar-refractivity contribution is 0.550. The molecule has 0 saturated heterocycles. The maximum Gasteiger partial charge on any atom is 0.0794 e. The quantitative estimate of drug-likeness (QED) is 0.895. The first-order chi connectivity index (χ1) is 8.70. The van der Waals surface area contributed by atoms with E-state index in [2.05, 4.69) is 58.3 Å². The normalized spacial score (nSPS) is 12.6. The molecule has 0 bridgehead atoms. The van der Waals surface area contributed by atoms with Gasteiger partial charge < -0.3 is 5.32 Å². The molecule has 1 aromatic heterocycles. The van der Waals surface area contributed by atoms with Crippen LogP contribution in [0, 0.1) is 6.92 Å². The topological polar surface area (TPSA) is 24.9 Å². The van der Waals surface area contributed by atoms with Crippen molar-refractivity contribution >= 4 is 27.3 Å². The number of benzene rings is 1. The standard InChI is InChI=1S/C14H17BrN2S/c1-3-17-14(7-12-8-16-9-18-12)13-6-11(15)5-4-10(13)2/h4-6,8-9,14,17H,3,7H2,1-2H3. The Balaban J connectivity index is 2.26. The van der Waals surface area contributed by atoms with Crippen LogP contribution in [0.1, 0.15) is 29.0 Å². The Morgan fingerprint density at radius 2 is 2.28 bits per heavy atom. The lowest BCUT2D eigenvalue weighted by Crippen LogP contribution is -2.23. The summed E-state index contributed by atoms with van der Waals surface area (Å²) in [5.41, 5.74) is 4.58. The van der Waals surface area contributed by atoms with Crippen LogP contribution in [0.2, 0.25) is 0 Å². The first-order valence-electron chi connectivity index (χ1n) is 6.07. The first kappa shape index (κ1) is 13.7. The van der Waals surface area contributed by atoms with Gasteiger partial charge in [0.05, 0.1) is 5.51 Å². The van der Waals surface area contributed by atoms with Gasteiger partial charge in [0.1, 0.15) is 0 Å². The minimum atomic E-state index is 0.355. The molecule has 1 aromatic carbocycles. The molecular weight excluding hydrogens is 308 g/mol. The average Bonchev–Trinajstić information content (AvgIpc) is 2.85. The van der Waals surface area contributed by atoms with Crippen LogP contribution in [-0.4, -0.2) is 11.5 Å². The number of nitrogens with one attached hydrogen (secondary N) is 1. The van der Waals surface area contributed by atoms with Gasteiger partial charge in [0.15, 0.2) is 0 Å². The predicted molar refractivity (Wildman–Crippen MR) is 81.1 cm³/mol. The Kier molecular flexibility index (Phi) is 4.92. The molecule has 0 amide bonds. The zero-order valence-corrected chi connectivity index (χ0v) is 13.0. The molecule has 0 aliphatic heterocycles. The van der Waals surface area contributed by atoms with Gasteiger partial charge in [-0.2, -0.15) is 0 Å². The molecule has 0 aliphatic rings. The van der Waals surface area contributed by atoms with E-state index in [1.165, 1.54) is 16.0 Å². The summed E-state index contributed by atoms with van der Waals surface area (Å²) >= 11 is 5.28. The highest BCUT2D eigenvalue weighted by Gasteiger charge is 2.14. The summed E-state index contributed by atoms with van der Waals surface area (Å²) in [4.78, 5) is 5.47. The van der Waals surface area contributed by atoms with Crippen molar-refractivity contribution in [2.24, 2.45) is 0 Å². The Morgan fingerprint density at radius 1 is 1.44 bits per heavy atom. The number of likely N-dealkylation sites (N-methyl/N-ethyl adjacent to an activating group) is 1. The molecule has 0 saturated carbocycles. The number of aromatic nitrogens is 1. The van der Waals surface area contributed by atoms with E-state index in [-0.39, 0.29) is 0 Å². The molecule has 1 unspecified atom stereocenters. The zero-order chi connectivity index (χ0) is 13.0. The fourth-order valence-electron chi connectivity index (χ4n) is 2.07. The van der Waals surface area contributed by atoms with Crippen LogP contribution in [0.25, 0.3) is 0 Å². The van der Waals surface area contributed by atoms with Crippen LogP contribution in [-0.2, 0) is 6.42 Å². The first-order valence-corrected chi connectivity index (χ1v) is 7.74. The van der Waals surface area contributed by atoms with E-state index in [9.17, 15) is 0 Å². The number of rotatable bonds is 5. The highest BCUT2D eigenvalue weighted by Crippen LogP contribution is 2.26. The SMILES string of the molecule is CCNC(Cc1cncs1)c1cc(Br)ccc1C. The minimum Gasteiger partial charge on any atom is -0.310 e. The van der Waals surface area contributed by atoms with E-state index >= 15 is 0 Å². The average molecular weight is 325 g/mol. The number of thiazole rings is 1. The van der Waals surface area contributed by atoms with E-state index in [1.54, 1.807) is 11.3 Å². The second-order valence-corrected chi connectivity index (χ2v) is 6.17. The summed E-state index contributed by atoms with van der Waals surface area (Å²) in [5, 5.41) is 3.56. The van der Waals surface area contributed by atoms with Crippen LogP contribution >= 0.6 is 27.3 Å². The van der Waals surface area contributed by atoms with Crippen LogP contribution < -0.4 is 5.32 Å². The van der Waals surface area contributed by atoms with Gasteiger partial charge in [0.25, 0.3) is 0 Å². The van der Waals surface area contributed by atoms with Gasteiger partial charge in [-0.05, 0) is 36.7 Å². The molecule has 0 fully saturated rings. The zero-order valence-electron chi connectivity index (χ0n) is 10.6. The van der Waals surface area contributed by atoms with Crippen molar-refractivity contribution < 1.29 is 0 Å². The maximum atomic E-state index is 4.15. The summed E-state index contributed by atoms with van der Waals surface area (Å²) in [5.74, 6) is 0. The van der Waals surface area contributed by atoms with Gasteiger partial charge in [-0.1, -0.05) is 28.9 Å². The van der Waals surface area contributed by atoms with Gasteiger partial charge in [-0.3, -0.25) is 4.98 Å². The second-order valence-electron chi connectivity index (χ2n) is 4.28. The molecule has 2 nitrogen and oxygen atoms in total. The van der Waals surface area contributed by atoms with E-state index < -0.39 is 0 Å². The molecule has 0 aliphatic carbocycles. The Bertz CT molecular complexity index is 497. The highest BCUT2D eigenvalue weighted by atomic mass is 79.9. The molecule has 1 heterocycles. The van der Waals surface area contributed by atoms with Crippen LogP contribution in [0.4, 0.5) is 0 Å². The van der Waals surface area contributed by atoms with Crippen molar-refractivity contribution in [3.8, 4) is 0 Å². The number of hydrogen-bond acceptors (Lipinski definition) is 3. The van der Waals surface area contributed by atoms with E-state index in [1.807, 2.05) is 11.7 Å². The van der Waals surface area contributed by atoms with Crippen molar-refractivity contribution in [3.05, 3.63) is 50.4 Å². The summed E-state index contributed by atoms with van der Waals surface area (Å²) in [7, 11) is 0. The lowest BCUT2D eigenvalue weighted by atomic mass is 9.98. The van der Waals surface area contributed by atoms with Crippen molar-refractivity contribution in [1.29, 1.82) is 0 Å². The van der Waals surface area contributed by atoms with Crippen molar-refractivity contribution in [1.82, 2.24) is 10.3 Å². The van der Waals surface area contributed by atoms with Gasteiger partial charge in [-0.25, -0.2) is 0 Å². The number of nitrogens with zero attached hydrogens (tertiary/aromatic N) is 1. The molecular formula is C14H17BrN2S. The van der Waals surface area contributed by atoms with Crippen LogP contribution in [0.3, 0.4) is 0 Å². The van der Waals surface area contributed by atoms with E-state index in [0.29, 0.717) is 6.04 Å². The third kappa shape index (κ3) is 3.40. The maximum absolute atomic E-state index is 4.15. The Morgan fingerprint density at radius 3 is 2.94 bits per heavy atom.